The van der Waals surface area contributed by atoms with Crippen molar-refractivity contribution in [1.82, 2.24) is 55.4 Å². The van der Waals surface area contributed by atoms with Crippen molar-refractivity contribution in [1.29, 1.82) is 5.26 Å². The summed E-state index contributed by atoms with van der Waals surface area (Å²) in [6.45, 7) is 11.5. The second-order valence-corrected chi connectivity index (χ2v) is 26.9. The molecular weight excluding hydrogens is 1140 g/mol. The Morgan fingerprint density at radius 3 is 1.34 bits per heavy atom. The number of carbonyl (C=O) groups excluding carboxylic acids is 6. The van der Waals surface area contributed by atoms with Crippen LogP contribution in [0.15, 0.2) is 111 Å². The monoisotopic (exact) mass is 1220 g/mol. The smallest absolute Gasteiger partial charge is 0.287 e. The van der Waals surface area contributed by atoms with Gasteiger partial charge in [0.1, 0.15) is 0 Å². The van der Waals surface area contributed by atoms with E-state index in [1.807, 2.05) is 40.1 Å². The standard InChI is InChI=1S/C25H24N4O3.C23H31N5O3.C21H25N3O3/c26-14-18-3-1-2-17(10-18)11-23(30)29-8-5-25(6-9-29)13-20(25)15-28-24(31)21-12-19-4-7-27-16-22(19)32-21;1-26-8-10-27(11-9-26)16-21(29)28-6-3-23(4-7-28)13-18(23)14-25-22(30)19-12-17-2-5-24-15-20(17)31-19;25-19(9-14-1-2-14)24-7-4-21(5-8-24)11-16(21)12-23-20(26)17-10-15-3-6-22-13-18(15)27-17/h1-4,7,10,12,16,20H,5-6,8-9,11,13,15H2,(H,28,31);2,5,12,15,18H,3-4,6-11,13-14,16H2,1H3,(H,25,30);3,6,10,13-14,16H,1-2,4-5,7-9,11-12H2,(H,23,26). The Hall–Kier alpha value is -8.48. The molecule has 3 spiro atoms. The molecule has 3 unspecified atom stereocenters. The van der Waals surface area contributed by atoms with Gasteiger partial charge in [-0.15, -0.1) is 0 Å². The number of rotatable bonds is 15. The van der Waals surface area contributed by atoms with E-state index >= 15 is 0 Å². The van der Waals surface area contributed by atoms with Crippen LogP contribution in [-0.4, -0.2) is 174 Å². The van der Waals surface area contributed by atoms with Gasteiger partial charge < -0.3 is 48.8 Å². The molecule has 8 aliphatic rings. The van der Waals surface area contributed by atoms with Crippen molar-refractivity contribution < 1.29 is 42.0 Å². The van der Waals surface area contributed by atoms with Crippen LogP contribution in [0, 0.1) is 51.2 Å². The molecule has 15 rings (SSSR count). The first-order valence-corrected chi connectivity index (χ1v) is 32.3. The number of nitriles is 1. The predicted molar refractivity (Wildman–Crippen MR) is 334 cm³/mol. The third-order valence-corrected chi connectivity index (χ3v) is 21.1. The Bertz CT molecular complexity index is 3730. The minimum Gasteiger partial charge on any atom is -0.449 e. The zero-order valence-corrected chi connectivity index (χ0v) is 51.3. The highest BCUT2D eigenvalue weighted by Crippen LogP contribution is 2.61. The number of piperidine rings is 3. The average molecular weight is 1220 g/mol. The first-order chi connectivity index (χ1) is 43.7. The molecule has 4 aliphatic heterocycles. The second-order valence-electron chi connectivity index (χ2n) is 26.9. The zero-order chi connectivity index (χ0) is 62.0. The van der Waals surface area contributed by atoms with E-state index in [1.165, 1.54) is 12.8 Å². The molecule has 4 aliphatic carbocycles. The Kier molecular flexibility index (Phi) is 17.3. The highest BCUT2D eigenvalue weighted by atomic mass is 16.4. The summed E-state index contributed by atoms with van der Waals surface area (Å²) in [7, 11) is 2.13. The molecule has 3 atom stereocenters. The fraction of sp³-hybridized carbons (Fsp3) is 0.507. The van der Waals surface area contributed by atoms with E-state index in [9.17, 15) is 28.8 Å². The number of pyridine rings is 3. The molecule has 4 saturated heterocycles. The molecule has 8 fully saturated rings. The van der Waals surface area contributed by atoms with E-state index in [-0.39, 0.29) is 35.0 Å². The normalized spacial score (nSPS) is 22.0. The summed E-state index contributed by atoms with van der Waals surface area (Å²) in [4.78, 5) is 97.7. The number of nitrogens with zero attached hydrogens (tertiary/aromatic N) is 9. The van der Waals surface area contributed by atoms with Gasteiger partial charge in [0.25, 0.3) is 17.7 Å². The van der Waals surface area contributed by atoms with Crippen LogP contribution in [0.3, 0.4) is 0 Å². The molecule has 6 amide bonds. The van der Waals surface area contributed by atoms with Crippen molar-refractivity contribution >= 4 is 68.4 Å². The van der Waals surface area contributed by atoms with Gasteiger partial charge in [0.05, 0.1) is 43.2 Å². The van der Waals surface area contributed by atoms with Crippen molar-refractivity contribution in [2.45, 2.75) is 83.5 Å². The van der Waals surface area contributed by atoms with Crippen molar-refractivity contribution in [3.05, 3.63) is 126 Å². The van der Waals surface area contributed by atoms with Crippen molar-refractivity contribution in [2.24, 2.45) is 39.9 Å². The van der Waals surface area contributed by atoms with Gasteiger partial charge in [-0.25, -0.2) is 0 Å². The van der Waals surface area contributed by atoms with Crippen LogP contribution >= 0.6 is 0 Å². The van der Waals surface area contributed by atoms with Crippen LogP contribution in [0.25, 0.3) is 32.9 Å². The third-order valence-electron chi connectivity index (χ3n) is 21.1. The Morgan fingerprint density at radius 1 is 0.533 bits per heavy atom. The molecule has 7 aromatic rings. The Balaban J connectivity index is 0.000000124. The van der Waals surface area contributed by atoms with Gasteiger partial charge in [-0.2, -0.15) is 5.26 Å². The zero-order valence-electron chi connectivity index (χ0n) is 51.3. The van der Waals surface area contributed by atoms with Gasteiger partial charge in [-0.1, -0.05) is 12.1 Å². The lowest BCUT2D eigenvalue weighted by atomic mass is 9.90. The molecule has 21 heteroatoms. The largest absolute Gasteiger partial charge is 0.449 e. The van der Waals surface area contributed by atoms with Crippen LogP contribution < -0.4 is 16.0 Å². The van der Waals surface area contributed by atoms with E-state index in [1.54, 1.807) is 67.5 Å². The third kappa shape index (κ3) is 13.9. The fourth-order valence-corrected chi connectivity index (χ4v) is 14.5. The summed E-state index contributed by atoms with van der Waals surface area (Å²) in [6.07, 6.45) is 23.0. The van der Waals surface area contributed by atoms with E-state index in [0.717, 1.165) is 151 Å². The van der Waals surface area contributed by atoms with Crippen molar-refractivity contribution in [3.63, 3.8) is 0 Å². The van der Waals surface area contributed by atoms with Crippen LogP contribution in [-0.2, 0) is 20.8 Å². The molecule has 470 valence electrons. The maximum Gasteiger partial charge on any atom is 0.287 e. The topological polar surface area (TPSA) is 257 Å². The lowest BCUT2D eigenvalue weighted by molar-refractivity contribution is -0.135. The Morgan fingerprint density at radius 2 is 0.944 bits per heavy atom. The van der Waals surface area contributed by atoms with Crippen LogP contribution in [0.5, 0.6) is 0 Å². The minimum atomic E-state index is -0.199. The van der Waals surface area contributed by atoms with Crippen LogP contribution in [0.2, 0.25) is 0 Å². The van der Waals surface area contributed by atoms with E-state index in [0.29, 0.717) is 113 Å². The first-order valence-electron chi connectivity index (χ1n) is 32.3. The van der Waals surface area contributed by atoms with Gasteiger partial charge in [-0.05, 0) is 172 Å². The number of hydrogen-bond donors (Lipinski definition) is 3. The summed E-state index contributed by atoms with van der Waals surface area (Å²) in [5, 5.41) is 20.8. The predicted octanol–water partition coefficient (Wildman–Crippen LogP) is 7.72. The molecule has 6 aromatic heterocycles. The van der Waals surface area contributed by atoms with Gasteiger partial charge in [0.2, 0.25) is 17.7 Å². The SMILES string of the molecule is CN1CCN(CC(=O)N2CCC3(CC2)CC3CNC(=O)c2cc3ccncc3o2)CC1.N#Cc1cccc(CC(=O)N2CCC3(CC2)CC3CNC(=O)c2cc3ccncc3o2)c1.O=C(NCC1CC12CCN(C(=O)CC1CC1)CC2)c1cc2ccncc2o1. The number of hydrogen-bond acceptors (Lipinski definition) is 15. The van der Waals surface area contributed by atoms with E-state index in [2.05, 4.69) is 58.7 Å². The lowest BCUT2D eigenvalue weighted by Crippen LogP contribution is -2.50. The number of amides is 6. The highest BCUT2D eigenvalue weighted by molar-refractivity contribution is 5.97. The van der Waals surface area contributed by atoms with Gasteiger partial charge in [-0.3, -0.25) is 48.6 Å². The Labute approximate surface area is 523 Å². The van der Waals surface area contributed by atoms with Crippen LogP contribution in [0.4, 0.5) is 0 Å². The molecule has 0 bridgehead atoms. The number of aromatic nitrogens is 3. The summed E-state index contributed by atoms with van der Waals surface area (Å²) in [6, 6.07) is 20.1. The number of furan rings is 3. The summed E-state index contributed by atoms with van der Waals surface area (Å²) < 4.78 is 16.8. The lowest BCUT2D eigenvalue weighted by Gasteiger charge is -2.36. The number of nitrogens with one attached hydrogen (secondary N) is 3. The quantitative estimate of drug-likeness (QED) is 0.0888. The molecule has 10 heterocycles. The number of carbonyl (C=O) groups is 6. The number of likely N-dealkylation sites (N-methyl/N-ethyl adjacent to an activating group) is 1. The second kappa shape index (κ2) is 25.8. The summed E-state index contributed by atoms with van der Waals surface area (Å²) >= 11 is 0. The first kappa shape index (κ1) is 60.4. The van der Waals surface area contributed by atoms with Crippen molar-refractivity contribution in [3.8, 4) is 6.07 Å². The van der Waals surface area contributed by atoms with E-state index in [4.69, 9.17) is 18.5 Å². The van der Waals surface area contributed by atoms with Crippen LogP contribution in [0.1, 0.15) is 120 Å². The molecular formula is C69H80N12O9. The molecule has 3 N–H and O–H groups in total. The maximum absolute atomic E-state index is 12.7. The highest BCUT2D eigenvalue weighted by Gasteiger charge is 2.57. The minimum absolute atomic E-state index is 0.111. The summed E-state index contributed by atoms with van der Waals surface area (Å²) in [5.41, 5.74) is 4.20. The molecule has 0 radical (unpaired) electrons. The number of piperazine rings is 1. The molecule has 1 aromatic carbocycles. The van der Waals surface area contributed by atoms with E-state index < -0.39 is 0 Å². The molecule has 4 saturated carbocycles. The maximum atomic E-state index is 12.7. The van der Waals surface area contributed by atoms with Gasteiger partial charge in [0.15, 0.2) is 34.0 Å². The average Bonchev–Trinajstić information content (AvgIpc) is 1.64. The summed E-state index contributed by atoms with van der Waals surface area (Å²) in [5.74, 6) is 3.30. The van der Waals surface area contributed by atoms with Gasteiger partial charge >= 0.3 is 0 Å². The number of likely N-dealkylation sites (tertiary alicyclic amines) is 3. The van der Waals surface area contributed by atoms with Crippen molar-refractivity contribution in [2.75, 3.05) is 98.7 Å². The number of benzene rings is 1. The fourth-order valence-electron chi connectivity index (χ4n) is 14.5. The molecule has 90 heavy (non-hydrogen) atoms. The van der Waals surface area contributed by atoms with Gasteiger partial charge in [0, 0.05) is 126 Å². The number of fused-ring (bicyclic) bond motifs is 3. The molecule has 21 nitrogen and oxygen atoms in total.